The van der Waals surface area contributed by atoms with E-state index in [4.69, 9.17) is 0 Å². The molecule has 5 rings (SSSR count). The summed E-state index contributed by atoms with van der Waals surface area (Å²) in [6, 6.07) is 19.3. The van der Waals surface area contributed by atoms with Crippen molar-refractivity contribution in [3.8, 4) is 0 Å². The van der Waals surface area contributed by atoms with E-state index in [1.54, 1.807) is 0 Å². The van der Waals surface area contributed by atoms with Crippen LogP contribution in [0.3, 0.4) is 0 Å². The monoisotopic (exact) mass is 661 g/mol. The molecular formula is C44H76N4+2. The Morgan fingerprint density at radius 1 is 0.375 bits per heavy atom. The summed E-state index contributed by atoms with van der Waals surface area (Å²) >= 11 is 0. The van der Waals surface area contributed by atoms with Gasteiger partial charge in [0, 0.05) is 13.1 Å². The van der Waals surface area contributed by atoms with E-state index >= 15 is 0 Å². The zero-order valence-electron chi connectivity index (χ0n) is 31.7. The van der Waals surface area contributed by atoms with Crippen LogP contribution in [-0.4, -0.2) is 52.4 Å². The minimum atomic E-state index is 1.00. The summed E-state index contributed by atoms with van der Waals surface area (Å²) in [6.07, 6.45) is 28.1. The van der Waals surface area contributed by atoms with Crippen molar-refractivity contribution in [3.05, 3.63) is 59.7 Å². The van der Waals surface area contributed by atoms with Crippen molar-refractivity contribution in [1.82, 2.24) is 19.6 Å². The van der Waals surface area contributed by atoms with Gasteiger partial charge >= 0.3 is 0 Å². The Bertz CT molecular complexity index is 966. The van der Waals surface area contributed by atoms with Gasteiger partial charge in [0.2, 0.25) is 0 Å². The van der Waals surface area contributed by atoms with Crippen molar-refractivity contribution in [2.75, 3.05) is 52.4 Å². The Balaban J connectivity index is 1.06. The lowest BCUT2D eigenvalue weighted by Crippen LogP contribution is -2.77. The smallest absolute Gasteiger partial charge is 0.134 e. The SMILES string of the molecule is CCCCCCCCCCCCNCc1ccc([N+]23CC[N+](c4ccc(CNCCCCCCCCCCCC)cc4)(CC2)CC3)cc1. The molecule has 2 aromatic rings. The fourth-order valence-corrected chi connectivity index (χ4v) is 8.39. The van der Waals surface area contributed by atoms with Gasteiger partial charge in [0.15, 0.2) is 0 Å². The third-order valence-electron chi connectivity index (χ3n) is 11.9. The normalized spacial score (nSPS) is 20.5. The van der Waals surface area contributed by atoms with Crippen LogP contribution in [0, 0.1) is 0 Å². The highest BCUT2D eigenvalue weighted by Gasteiger charge is 2.51. The predicted molar refractivity (Wildman–Crippen MR) is 213 cm³/mol. The van der Waals surface area contributed by atoms with Crippen molar-refractivity contribution in [2.45, 2.75) is 155 Å². The first-order chi connectivity index (χ1) is 23.7. The molecule has 48 heavy (non-hydrogen) atoms. The second-order valence-electron chi connectivity index (χ2n) is 15.7. The van der Waals surface area contributed by atoms with Gasteiger partial charge in [-0.2, -0.15) is 0 Å². The van der Waals surface area contributed by atoms with E-state index in [2.05, 4.69) is 73.0 Å². The molecule has 3 heterocycles. The number of piperazine rings is 3. The summed E-state index contributed by atoms with van der Waals surface area (Å²) in [6.45, 7) is 16.5. The van der Waals surface area contributed by atoms with Crippen molar-refractivity contribution in [1.29, 1.82) is 0 Å². The summed E-state index contributed by atoms with van der Waals surface area (Å²) in [4.78, 5) is 0. The molecule has 0 unspecified atom stereocenters. The van der Waals surface area contributed by atoms with Gasteiger partial charge in [-0.3, -0.25) is 8.97 Å². The number of hydrogen-bond donors (Lipinski definition) is 2. The van der Waals surface area contributed by atoms with Gasteiger partial charge < -0.3 is 10.6 Å². The number of hydrogen-bond acceptors (Lipinski definition) is 2. The highest BCUT2D eigenvalue weighted by atomic mass is 15.5. The summed E-state index contributed by atoms with van der Waals surface area (Å²) in [5, 5.41) is 7.41. The molecule has 4 heteroatoms. The van der Waals surface area contributed by atoms with Crippen LogP contribution in [0.1, 0.15) is 153 Å². The standard InChI is InChI=1S/C44H76N4/c1-3-5-7-9-11-13-15-17-19-21-31-45-39-41-23-27-43(28-24-41)47-33-36-48(37-34-47,38-35-47)44-29-25-42(26-30-44)40-46-32-22-20-18-16-14-12-10-8-6-4-2/h23-30,45-46H,3-22,31-40H2,1-2H3/q+2. The summed E-state index contributed by atoms with van der Waals surface area (Å²) in [7, 11) is 0. The average molecular weight is 661 g/mol. The quantitative estimate of drug-likeness (QED) is 0.0701. The van der Waals surface area contributed by atoms with Crippen molar-refractivity contribution in [2.24, 2.45) is 0 Å². The van der Waals surface area contributed by atoms with Crippen LogP contribution in [-0.2, 0) is 13.1 Å². The van der Waals surface area contributed by atoms with Crippen molar-refractivity contribution in [3.63, 3.8) is 0 Å². The Labute approximate surface area is 297 Å². The van der Waals surface area contributed by atoms with Crippen LogP contribution >= 0.6 is 0 Å². The number of benzene rings is 2. The van der Waals surface area contributed by atoms with Gasteiger partial charge in [-0.25, -0.2) is 0 Å². The number of quaternary nitrogens is 2. The highest BCUT2D eigenvalue weighted by molar-refractivity contribution is 5.51. The molecule has 0 aromatic heterocycles. The summed E-state index contributed by atoms with van der Waals surface area (Å²) in [5.41, 5.74) is 5.94. The maximum atomic E-state index is 3.70. The molecular weight excluding hydrogens is 585 g/mol. The second kappa shape index (κ2) is 22.9. The molecule has 0 aliphatic carbocycles. The maximum Gasteiger partial charge on any atom is 0.134 e. The number of nitrogens with zero attached hydrogens (tertiary/aromatic N) is 2. The van der Waals surface area contributed by atoms with Gasteiger partial charge in [-0.05, 0) is 61.3 Å². The van der Waals surface area contributed by atoms with Crippen LogP contribution in [0.25, 0.3) is 0 Å². The van der Waals surface area contributed by atoms with Gasteiger partial charge in [-0.1, -0.05) is 154 Å². The molecule has 270 valence electrons. The molecule has 0 amide bonds. The van der Waals surface area contributed by atoms with E-state index in [0.717, 1.165) is 26.2 Å². The second-order valence-corrected chi connectivity index (χ2v) is 15.7. The van der Waals surface area contributed by atoms with Gasteiger partial charge in [-0.15, -0.1) is 0 Å². The van der Waals surface area contributed by atoms with E-state index in [1.165, 1.54) is 199 Å². The molecule has 0 spiro atoms. The third kappa shape index (κ3) is 13.2. The van der Waals surface area contributed by atoms with Crippen molar-refractivity contribution < 1.29 is 0 Å². The molecule has 3 aliphatic rings. The van der Waals surface area contributed by atoms with Gasteiger partial charge in [0.1, 0.15) is 50.6 Å². The molecule has 3 fully saturated rings. The van der Waals surface area contributed by atoms with Crippen LogP contribution in [0.15, 0.2) is 48.5 Å². The number of rotatable bonds is 28. The van der Waals surface area contributed by atoms with Crippen LogP contribution in [0.5, 0.6) is 0 Å². The molecule has 2 bridgehead atoms. The fraction of sp³-hybridized carbons (Fsp3) is 0.727. The van der Waals surface area contributed by atoms with E-state index in [9.17, 15) is 0 Å². The lowest BCUT2D eigenvalue weighted by atomic mass is 10.0. The Morgan fingerprint density at radius 2 is 0.646 bits per heavy atom. The third-order valence-corrected chi connectivity index (χ3v) is 11.9. The first-order valence-electron chi connectivity index (χ1n) is 21.0. The maximum absolute atomic E-state index is 3.70. The first kappa shape index (κ1) is 39.1. The van der Waals surface area contributed by atoms with E-state index in [0.29, 0.717) is 0 Å². The minimum Gasteiger partial charge on any atom is -0.313 e. The number of unbranched alkanes of at least 4 members (excludes halogenated alkanes) is 18. The zero-order chi connectivity index (χ0) is 33.6. The van der Waals surface area contributed by atoms with Gasteiger partial charge in [0.25, 0.3) is 0 Å². The van der Waals surface area contributed by atoms with E-state index in [-0.39, 0.29) is 0 Å². The topological polar surface area (TPSA) is 24.1 Å². The Morgan fingerprint density at radius 3 is 0.938 bits per heavy atom. The molecule has 3 aliphatic heterocycles. The minimum absolute atomic E-state index is 1.00. The molecule has 2 aromatic carbocycles. The number of nitrogens with one attached hydrogen (secondary N) is 2. The molecule has 0 atom stereocenters. The van der Waals surface area contributed by atoms with Crippen molar-refractivity contribution >= 4 is 11.4 Å². The summed E-state index contributed by atoms with van der Waals surface area (Å²) in [5.74, 6) is 0. The molecule has 0 saturated carbocycles. The van der Waals surface area contributed by atoms with Crippen LogP contribution < -0.4 is 19.6 Å². The molecule has 2 N–H and O–H groups in total. The summed E-state index contributed by atoms with van der Waals surface area (Å²) < 4.78 is 2.38. The Kier molecular flexibility index (Phi) is 18.6. The number of fused-ring (bicyclic) bond motifs is 3. The fourth-order valence-electron chi connectivity index (χ4n) is 8.39. The molecule has 0 radical (unpaired) electrons. The van der Waals surface area contributed by atoms with Gasteiger partial charge in [0.05, 0.1) is 0 Å². The van der Waals surface area contributed by atoms with Crippen LogP contribution in [0.2, 0.25) is 0 Å². The van der Waals surface area contributed by atoms with E-state index < -0.39 is 0 Å². The highest BCUT2D eigenvalue weighted by Crippen LogP contribution is 2.37. The van der Waals surface area contributed by atoms with Crippen LogP contribution in [0.4, 0.5) is 11.4 Å². The lowest BCUT2D eigenvalue weighted by molar-refractivity contribution is 0.0717. The largest absolute Gasteiger partial charge is 0.313 e. The zero-order valence-corrected chi connectivity index (χ0v) is 31.7. The van der Waals surface area contributed by atoms with E-state index in [1.807, 2.05) is 0 Å². The Hall–Kier alpha value is -1.72. The first-order valence-corrected chi connectivity index (χ1v) is 21.0. The average Bonchev–Trinajstić information content (AvgIpc) is 3.14. The molecule has 3 saturated heterocycles. The molecule has 4 nitrogen and oxygen atoms in total. The predicted octanol–water partition coefficient (Wildman–Crippen LogP) is 11.0. The lowest BCUT2D eigenvalue weighted by Gasteiger charge is -2.54.